The van der Waals surface area contributed by atoms with Crippen molar-refractivity contribution >= 4 is 0 Å². The van der Waals surface area contributed by atoms with Crippen molar-refractivity contribution in [3.8, 4) is 0 Å². The van der Waals surface area contributed by atoms with Gasteiger partial charge in [-0.2, -0.15) is 0 Å². The zero-order valence-corrected chi connectivity index (χ0v) is 10.7. The Morgan fingerprint density at radius 3 is 1.64 bits per heavy atom. The van der Waals surface area contributed by atoms with Crippen molar-refractivity contribution in [1.29, 1.82) is 0 Å². The molecule has 0 aromatic heterocycles. The third-order valence-corrected chi connectivity index (χ3v) is 3.09. The molecular weight excluding hydrogens is 170 g/mol. The zero-order chi connectivity index (χ0) is 10.8. The van der Waals surface area contributed by atoms with Gasteiger partial charge in [0.1, 0.15) is 0 Å². The molecule has 0 aliphatic rings. The van der Waals surface area contributed by atoms with Gasteiger partial charge in [0.2, 0.25) is 0 Å². The molecule has 1 nitrogen and oxygen atoms in total. The van der Waals surface area contributed by atoms with Gasteiger partial charge in [0.05, 0.1) is 0 Å². The summed E-state index contributed by atoms with van der Waals surface area (Å²) in [6.07, 6.45) is 6.68. The van der Waals surface area contributed by atoms with Crippen molar-refractivity contribution in [2.75, 3.05) is 19.6 Å². The highest BCUT2D eigenvalue weighted by Crippen LogP contribution is 2.13. The van der Waals surface area contributed by atoms with Crippen LogP contribution < -0.4 is 0 Å². The van der Waals surface area contributed by atoms with Gasteiger partial charge in [0.25, 0.3) is 0 Å². The van der Waals surface area contributed by atoms with E-state index in [1.807, 2.05) is 0 Å². The van der Waals surface area contributed by atoms with Crippen molar-refractivity contribution in [3.05, 3.63) is 0 Å². The van der Waals surface area contributed by atoms with Crippen LogP contribution in [-0.2, 0) is 0 Å². The predicted molar refractivity (Wildman–Crippen MR) is 65.7 cm³/mol. The first-order chi connectivity index (χ1) is 6.78. The van der Waals surface area contributed by atoms with E-state index in [1.165, 1.54) is 51.7 Å². The molecule has 0 N–H and O–H groups in total. The first-order valence-electron chi connectivity index (χ1n) is 6.50. The number of hydrogen-bond donors (Lipinski definition) is 0. The molecule has 0 radical (unpaired) electrons. The monoisotopic (exact) mass is 199 g/mol. The Balaban J connectivity index is 3.67. The number of nitrogens with zero attached hydrogens (tertiary/aromatic N) is 1. The summed E-state index contributed by atoms with van der Waals surface area (Å²) in [6, 6.07) is 0. The minimum Gasteiger partial charge on any atom is -0.303 e. The van der Waals surface area contributed by atoms with Gasteiger partial charge in [-0.05, 0) is 44.8 Å². The van der Waals surface area contributed by atoms with Crippen molar-refractivity contribution in [2.24, 2.45) is 5.92 Å². The van der Waals surface area contributed by atoms with Crippen molar-refractivity contribution in [2.45, 2.75) is 59.8 Å². The highest BCUT2D eigenvalue weighted by Gasteiger charge is 2.07. The zero-order valence-electron chi connectivity index (χ0n) is 10.7. The second-order valence-corrected chi connectivity index (χ2v) is 4.31. The molecule has 0 unspecified atom stereocenters. The average molecular weight is 199 g/mol. The number of hydrogen-bond acceptors (Lipinski definition) is 1. The maximum atomic E-state index is 2.62. The van der Waals surface area contributed by atoms with Crippen molar-refractivity contribution in [1.82, 2.24) is 4.90 Å². The molecule has 0 aromatic rings. The van der Waals surface area contributed by atoms with Crippen LogP contribution in [0.2, 0.25) is 0 Å². The van der Waals surface area contributed by atoms with Gasteiger partial charge in [-0.15, -0.1) is 0 Å². The summed E-state index contributed by atoms with van der Waals surface area (Å²) in [4.78, 5) is 2.62. The molecule has 0 rings (SSSR count). The Morgan fingerprint density at radius 1 is 0.786 bits per heavy atom. The average Bonchev–Trinajstić information content (AvgIpc) is 2.20. The summed E-state index contributed by atoms with van der Waals surface area (Å²) in [5, 5.41) is 0. The van der Waals surface area contributed by atoms with Crippen LogP contribution in [0.15, 0.2) is 0 Å². The third-order valence-electron chi connectivity index (χ3n) is 3.09. The van der Waals surface area contributed by atoms with Gasteiger partial charge in [0.15, 0.2) is 0 Å². The minimum atomic E-state index is 0.950. The van der Waals surface area contributed by atoms with Crippen molar-refractivity contribution < 1.29 is 0 Å². The minimum absolute atomic E-state index is 0.950. The van der Waals surface area contributed by atoms with Crippen LogP contribution in [0.4, 0.5) is 0 Å². The van der Waals surface area contributed by atoms with Crippen LogP contribution in [0.5, 0.6) is 0 Å². The first kappa shape index (κ1) is 14.0. The summed E-state index contributed by atoms with van der Waals surface area (Å²) < 4.78 is 0. The Labute approximate surface area is 90.9 Å². The van der Waals surface area contributed by atoms with Crippen molar-refractivity contribution in [3.63, 3.8) is 0 Å². The van der Waals surface area contributed by atoms with Gasteiger partial charge in [-0.25, -0.2) is 0 Å². The first-order valence-corrected chi connectivity index (χ1v) is 6.50. The van der Waals surface area contributed by atoms with E-state index in [0.29, 0.717) is 0 Å². The quantitative estimate of drug-likeness (QED) is 0.544. The fraction of sp³-hybridized carbons (Fsp3) is 1.00. The summed E-state index contributed by atoms with van der Waals surface area (Å²) in [5.41, 5.74) is 0. The van der Waals surface area contributed by atoms with E-state index in [-0.39, 0.29) is 0 Å². The Bertz CT molecular complexity index is 102. The molecule has 0 heterocycles. The standard InChI is InChI=1S/C13H29N/c1-5-10-14(11-6-2)12-9-13(7-3)8-4/h13H,5-12H2,1-4H3. The Morgan fingerprint density at radius 2 is 1.29 bits per heavy atom. The molecule has 0 saturated carbocycles. The fourth-order valence-corrected chi connectivity index (χ4v) is 2.03. The van der Waals surface area contributed by atoms with E-state index < -0.39 is 0 Å². The largest absolute Gasteiger partial charge is 0.303 e. The van der Waals surface area contributed by atoms with Crippen LogP contribution in [0.25, 0.3) is 0 Å². The second-order valence-electron chi connectivity index (χ2n) is 4.31. The summed E-state index contributed by atoms with van der Waals surface area (Å²) in [5.74, 6) is 0.950. The maximum absolute atomic E-state index is 2.62. The van der Waals surface area contributed by atoms with Crippen LogP contribution in [0, 0.1) is 5.92 Å². The molecule has 0 fully saturated rings. The molecule has 0 amide bonds. The van der Waals surface area contributed by atoms with Gasteiger partial charge < -0.3 is 4.90 Å². The SMILES string of the molecule is CCCN(CCC)CCC(CC)CC. The maximum Gasteiger partial charge on any atom is -0.00161 e. The lowest BCUT2D eigenvalue weighted by atomic mass is 9.99. The molecule has 86 valence electrons. The molecule has 0 aromatic carbocycles. The van der Waals surface area contributed by atoms with E-state index >= 15 is 0 Å². The van der Waals surface area contributed by atoms with E-state index in [4.69, 9.17) is 0 Å². The molecule has 0 bridgehead atoms. The highest BCUT2D eigenvalue weighted by molar-refractivity contribution is 4.61. The van der Waals surface area contributed by atoms with Crippen LogP contribution >= 0.6 is 0 Å². The van der Waals surface area contributed by atoms with Crippen LogP contribution in [-0.4, -0.2) is 24.5 Å². The van der Waals surface area contributed by atoms with E-state index in [1.54, 1.807) is 0 Å². The topological polar surface area (TPSA) is 3.24 Å². The molecule has 0 spiro atoms. The molecule has 0 saturated heterocycles. The molecule has 0 atom stereocenters. The lowest BCUT2D eigenvalue weighted by molar-refractivity contribution is 0.248. The van der Waals surface area contributed by atoms with E-state index in [9.17, 15) is 0 Å². The summed E-state index contributed by atoms with van der Waals surface area (Å²) in [7, 11) is 0. The normalized spacial score (nSPS) is 11.6. The van der Waals surface area contributed by atoms with E-state index in [0.717, 1.165) is 5.92 Å². The molecular formula is C13H29N. The van der Waals surface area contributed by atoms with Gasteiger partial charge in [-0.3, -0.25) is 0 Å². The van der Waals surface area contributed by atoms with Gasteiger partial charge >= 0.3 is 0 Å². The van der Waals surface area contributed by atoms with E-state index in [2.05, 4.69) is 32.6 Å². The van der Waals surface area contributed by atoms with Gasteiger partial charge in [0, 0.05) is 0 Å². The second kappa shape index (κ2) is 9.51. The Kier molecular flexibility index (Phi) is 9.49. The third kappa shape index (κ3) is 6.42. The summed E-state index contributed by atoms with van der Waals surface area (Å²) >= 11 is 0. The smallest absolute Gasteiger partial charge is 0.00161 e. The lowest BCUT2D eigenvalue weighted by Gasteiger charge is -2.23. The summed E-state index contributed by atoms with van der Waals surface area (Å²) in [6.45, 7) is 13.1. The van der Waals surface area contributed by atoms with Gasteiger partial charge in [-0.1, -0.05) is 40.5 Å². The highest BCUT2D eigenvalue weighted by atomic mass is 15.1. The Hall–Kier alpha value is -0.0400. The molecule has 0 aliphatic carbocycles. The molecule has 14 heavy (non-hydrogen) atoms. The fourth-order valence-electron chi connectivity index (χ4n) is 2.03. The lowest BCUT2D eigenvalue weighted by Crippen LogP contribution is -2.27. The van der Waals surface area contributed by atoms with Crippen LogP contribution in [0.3, 0.4) is 0 Å². The number of rotatable bonds is 9. The van der Waals surface area contributed by atoms with Crippen LogP contribution in [0.1, 0.15) is 59.8 Å². The molecule has 0 aliphatic heterocycles. The molecule has 1 heteroatoms. The predicted octanol–water partition coefficient (Wildman–Crippen LogP) is 3.93.